The third kappa shape index (κ3) is 4.72. The number of benzene rings is 1. The SMILES string of the molecule is CCOC(=O)c1c(NC(=O)COC(=O)c2ccc(-c3ncc[nH]3)cc2)sc2c1CCCC2. The molecule has 0 bridgehead atoms. The fourth-order valence-electron chi connectivity index (χ4n) is 3.64. The van der Waals surface area contributed by atoms with E-state index in [4.69, 9.17) is 9.47 Å². The Bertz CT molecular complexity index is 1120. The molecule has 0 aliphatic heterocycles. The van der Waals surface area contributed by atoms with Crippen LogP contribution >= 0.6 is 11.3 Å². The number of aromatic nitrogens is 2. The van der Waals surface area contributed by atoms with Crippen LogP contribution in [0.4, 0.5) is 5.00 Å². The summed E-state index contributed by atoms with van der Waals surface area (Å²) in [7, 11) is 0. The molecule has 0 atom stereocenters. The molecule has 3 aromatic rings. The summed E-state index contributed by atoms with van der Waals surface area (Å²) in [6, 6.07) is 6.73. The van der Waals surface area contributed by atoms with Crippen LogP contribution in [0, 0.1) is 0 Å². The molecule has 1 aliphatic carbocycles. The first kappa shape index (κ1) is 21.8. The van der Waals surface area contributed by atoms with Gasteiger partial charge in [-0.25, -0.2) is 14.6 Å². The van der Waals surface area contributed by atoms with E-state index in [1.54, 1.807) is 43.6 Å². The Kier molecular flexibility index (Phi) is 6.65. The summed E-state index contributed by atoms with van der Waals surface area (Å²) in [5.74, 6) is -0.854. The summed E-state index contributed by atoms with van der Waals surface area (Å²) in [5, 5.41) is 3.19. The molecule has 4 rings (SSSR count). The monoisotopic (exact) mass is 453 g/mol. The molecular weight excluding hydrogens is 430 g/mol. The summed E-state index contributed by atoms with van der Waals surface area (Å²) in [4.78, 5) is 45.5. The summed E-state index contributed by atoms with van der Waals surface area (Å²) in [6.45, 7) is 1.55. The van der Waals surface area contributed by atoms with Gasteiger partial charge in [0.15, 0.2) is 6.61 Å². The van der Waals surface area contributed by atoms with Crippen molar-refractivity contribution in [1.82, 2.24) is 9.97 Å². The van der Waals surface area contributed by atoms with Crippen molar-refractivity contribution in [2.24, 2.45) is 0 Å². The van der Waals surface area contributed by atoms with Crippen LogP contribution in [0.25, 0.3) is 11.4 Å². The number of rotatable bonds is 7. The number of esters is 2. The Balaban J connectivity index is 1.39. The number of carbonyl (C=O) groups excluding carboxylic acids is 3. The van der Waals surface area contributed by atoms with Crippen molar-refractivity contribution in [2.45, 2.75) is 32.6 Å². The van der Waals surface area contributed by atoms with E-state index in [-0.39, 0.29) is 6.61 Å². The predicted octanol–water partition coefficient (Wildman–Crippen LogP) is 3.99. The Morgan fingerprint density at radius 3 is 2.59 bits per heavy atom. The number of ether oxygens (including phenoxy) is 2. The highest BCUT2D eigenvalue weighted by Gasteiger charge is 2.27. The van der Waals surface area contributed by atoms with E-state index < -0.39 is 24.5 Å². The topological polar surface area (TPSA) is 110 Å². The number of amides is 1. The molecule has 0 saturated carbocycles. The largest absolute Gasteiger partial charge is 0.462 e. The van der Waals surface area contributed by atoms with Gasteiger partial charge in [-0.2, -0.15) is 0 Å². The van der Waals surface area contributed by atoms with Crippen LogP contribution in [0.2, 0.25) is 0 Å². The van der Waals surface area contributed by atoms with E-state index in [1.165, 1.54) is 11.3 Å². The average molecular weight is 454 g/mol. The molecule has 32 heavy (non-hydrogen) atoms. The van der Waals surface area contributed by atoms with Gasteiger partial charge in [0, 0.05) is 22.8 Å². The van der Waals surface area contributed by atoms with Gasteiger partial charge < -0.3 is 19.8 Å². The Hall–Kier alpha value is -3.46. The fourth-order valence-corrected chi connectivity index (χ4v) is 4.93. The van der Waals surface area contributed by atoms with Crippen molar-refractivity contribution >= 4 is 34.2 Å². The summed E-state index contributed by atoms with van der Waals surface area (Å²) in [6.07, 6.45) is 7.09. The molecule has 2 N–H and O–H groups in total. The van der Waals surface area contributed by atoms with Crippen molar-refractivity contribution in [3.8, 4) is 11.4 Å². The Morgan fingerprint density at radius 1 is 1.09 bits per heavy atom. The molecule has 2 aromatic heterocycles. The number of thiophene rings is 1. The highest BCUT2D eigenvalue weighted by molar-refractivity contribution is 7.17. The number of hydrogen-bond acceptors (Lipinski definition) is 7. The standard InChI is InChI=1S/C23H23N3O5S/c1-2-30-23(29)19-16-5-3-4-6-17(16)32-21(19)26-18(27)13-31-22(28)15-9-7-14(8-10-15)20-24-11-12-25-20/h7-12H,2-6,13H2,1H3,(H,24,25)(H,26,27). The summed E-state index contributed by atoms with van der Waals surface area (Å²) >= 11 is 1.39. The Morgan fingerprint density at radius 2 is 1.88 bits per heavy atom. The molecule has 1 aromatic carbocycles. The molecule has 0 fully saturated rings. The van der Waals surface area contributed by atoms with Gasteiger partial charge in [0.2, 0.25) is 0 Å². The van der Waals surface area contributed by atoms with E-state index in [1.807, 2.05) is 0 Å². The number of hydrogen-bond donors (Lipinski definition) is 2. The summed E-state index contributed by atoms with van der Waals surface area (Å²) in [5.41, 5.74) is 2.55. The Labute approximate surface area is 189 Å². The number of aryl methyl sites for hydroxylation is 1. The molecule has 9 heteroatoms. The van der Waals surface area contributed by atoms with Crippen molar-refractivity contribution in [3.05, 3.63) is 58.2 Å². The molecule has 0 radical (unpaired) electrons. The third-order valence-electron chi connectivity index (χ3n) is 5.13. The van der Waals surface area contributed by atoms with Crippen LogP contribution < -0.4 is 5.32 Å². The second-order valence-electron chi connectivity index (χ2n) is 7.27. The van der Waals surface area contributed by atoms with E-state index >= 15 is 0 Å². The van der Waals surface area contributed by atoms with Gasteiger partial charge in [0.25, 0.3) is 5.91 Å². The summed E-state index contributed by atoms with van der Waals surface area (Å²) < 4.78 is 10.3. The van der Waals surface area contributed by atoms with Gasteiger partial charge in [0.05, 0.1) is 17.7 Å². The first-order chi connectivity index (χ1) is 15.6. The molecule has 1 amide bonds. The lowest BCUT2D eigenvalue weighted by Gasteiger charge is -2.12. The normalized spacial score (nSPS) is 12.7. The van der Waals surface area contributed by atoms with Gasteiger partial charge >= 0.3 is 11.9 Å². The molecule has 0 unspecified atom stereocenters. The number of nitrogens with one attached hydrogen (secondary N) is 2. The zero-order valence-corrected chi connectivity index (χ0v) is 18.4. The van der Waals surface area contributed by atoms with Crippen LogP contribution in [0.1, 0.15) is 50.9 Å². The highest BCUT2D eigenvalue weighted by atomic mass is 32.1. The van der Waals surface area contributed by atoms with Crippen LogP contribution in [-0.4, -0.2) is 41.0 Å². The average Bonchev–Trinajstić information content (AvgIpc) is 3.45. The lowest BCUT2D eigenvalue weighted by atomic mass is 9.95. The first-order valence-corrected chi connectivity index (χ1v) is 11.3. The maximum atomic E-state index is 12.5. The van der Waals surface area contributed by atoms with Crippen LogP contribution in [0.5, 0.6) is 0 Å². The second-order valence-corrected chi connectivity index (χ2v) is 8.38. The zero-order chi connectivity index (χ0) is 22.5. The quantitative estimate of drug-likeness (QED) is 0.524. The number of imidazole rings is 1. The maximum Gasteiger partial charge on any atom is 0.341 e. The van der Waals surface area contributed by atoms with E-state index in [2.05, 4.69) is 15.3 Å². The molecule has 8 nitrogen and oxygen atoms in total. The molecule has 0 saturated heterocycles. The van der Waals surface area contributed by atoms with Gasteiger partial charge in [-0.05, 0) is 50.3 Å². The minimum absolute atomic E-state index is 0.257. The zero-order valence-electron chi connectivity index (χ0n) is 17.6. The van der Waals surface area contributed by atoms with E-state index in [0.29, 0.717) is 22.0 Å². The van der Waals surface area contributed by atoms with Gasteiger partial charge in [-0.3, -0.25) is 4.79 Å². The number of carbonyl (C=O) groups is 3. The van der Waals surface area contributed by atoms with Gasteiger partial charge in [-0.15, -0.1) is 11.3 Å². The molecule has 166 valence electrons. The van der Waals surface area contributed by atoms with E-state index in [9.17, 15) is 14.4 Å². The van der Waals surface area contributed by atoms with Crippen molar-refractivity contribution in [1.29, 1.82) is 0 Å². The van der Waals surface area contributed by atoms with E-state index in [0.717, 1.165) is 41.7 Å². The lowest BCUT2D eigenvalue weighted by Crippen LogP contribution is -2.22. The second kappa shape index (κ2) is 9.78. The predicted molar refractivity (Wildman–Crippen MR) is 120 cm³/mol. The lowest BCUT2D eigenvalue weighted by molar-refractivity contribution is -0.119. The third-order valence-corrected chi connectivity index (χ3v) is 6.34. The van der Waals surface area contributed by atoms with Crippen LogP contribution in [-0.2, 0) is 27.1 Å². The van der Waals surface area contributed by atoms with Crippen molar-refractivity contribution in [2.75, 3.05) is 18.5 Å². The molecular formula is C23H23N3O5S. The minimum Gasteiger partial charge on any atom is -0.462 e. The van der Waals surface area contributed by atoms with Crippen molar-refractivity contribution < 1.29 is 23.9 Å². The van der Waals surface area contributed by atoms with Gasteiger partial charge in [0.1, 0.15) is 10.8 Å². The van der Waals surface area contributed by atoms with Crippen LogP contribution in [0.15, 0.2) is 36.7 Å². The molecule has 2 heterocycles. The van der Waals surface area contributed by atoms with Crippen LogP contribution in [0.3, 0.4) is 0 Å². The van der Waals surface area contributed by atoms with Crippen molar-refractivity contribution in [3.63, 3.8) is 0 Å². The molecule has 0 spiro atoms. The molecule has 1 aliphatic rings. The maximum absolute atomic E-state index is 12.5. The number of nitrogens with zero attached hydrogens (tertiary/aromatic N) is 1. The number of aromatic amines is 1. The smallest absolute Gasteiger partial charge is 0.341 e. The number of fused-ring (bicyclic) bond motifs is 1. The first-order valence-electron chi connectivity index (χ1n) is 10.4. The fraction of sp³-hybridized carbons (Fsp3) is 0.304. The highest BCUT2D eigenvalue weighted by Crippen LogP contribution is 2.38. The minimum atomic E-state index is -0.609. The van der Waals surface area contributed by atoms with Gasteiger partial charge in [-0.1, -0.05) is 12.1 Å². The number of H-pyrrole nitrogens is 1. The number of anilines is 1.